The zero-order valence-electron chi connectivity index (χ0n) is 16.3. The summed E-state index contributed by atoms with van der Waals surface area (Å²) in [7, 11) is 0. The lowest BCUT2D eigenvalue weighted by atomic mass is 9.93. The number of hydrogen-bond acceptors (Lipinski definition) is 3. The van der Waals surface area contributed by atoms with Gasteiger partial charge in [0.1, 0.15) is 5.82 Å². The molecule has 26 heavy (non-hydrogen) atoms. The quantitative estimate of drug-likeness (QED) is 0.514. The molecule has 0 saturated heterocycles. The highest BCUT2D eigenvalue weighted by molar-refractivity contribution is 5.80. The van der Waals surface area contributed by atoms with Crippen LogP contribution in [0.4, 0.5) is 10.1 Å². The van der Waals surface area contributed by atoms with E-state index in [0.717, 1.165) is 56.8 Å². The lowest BCUT2D eigenvalue weighted by Crippen LogP contribution is -2.45. The molecule has 1 aromatic carbocycles. The lowest BCUT2D eigenvalue weighted by molar-refractivity contribution is 0.120. The minimum atomic E-state index is -0.194. The van der Waals surface area contributed by atoms with Gasteiger partial charge in [-0.3, -0.25) is 0 Å². The molecule has 1 aliphatic carbocycles. The number of nitrogens with one attached hydrogen (secondary N) is 2. The average Bonchev–Trinajstić information content (AvgIpc) is 2.64. The van der Waals surface area contributed by atoms with Gasteiger partial charge in [0.2, 0.25) is 0 Å². The van der Waals surface area contributed by atoms with E-state index in [1.54, 1.807) is 6.07 Å². The topological polar surface area (TPSA) is 59.9 Å². The molecule has 1 saturated carbocycles. The van der Waals surface area contributed by atoms with Gasteiger partial charge in [-0.25, -0.2) is 9.38 Å². The molecule has 146 valence electrons. The molecular formula is C20H33FN4O. The number of aliphatic hydroxyl groups excluding tert-OH is 1. The molecule has 3 N–H and O–H groups in total. The van der Waals surface area contributed by atoms with Crippen LogP contribution in [0.5, 0.6) is 0 Å². The monoisotopic (exact) mass is 364 g/mol. The van der Waals surface area contributed by atoms with Crippen LogP contribution < -0.4 is 15.5 Å². The Morgan fingerprint density at radius 1 is 1.19 bits per heavy atom. The second kappa shape index (κ2) is 10.4. The van der Waals surface area contributed by atoms with Crippen molar-refractivity contribution in [1.82, 2.24) is 10.6 Å². The molecule has 5 nitrogen and oxygen atoms in total. The van der Waals surface area contributed by atoms with Crippen molar-refractivity contribution in [3.05, 3.63) is 29.6 Å². The minimum absolute atomic E-state index is 0.167. The van der Waals surface area contributed by atoms with E-state index in [1.807, 2.05) is 37.8 Å². The third kappa shape index (κ3) is 5.87. The molecule has 0 atom stereocenters. The van der Waals surface area contributed by atoms with Crippen LogP contribution in [0.2, 0.25) is 0 Å². The van der Waals surface area contributed by atoms with Gasteiger partial charge in [-0.15, -0.1) is 0 Å². The number of nitrogens with zero attached hydrogens (tertiary/aromatic N) is 2. The Kier molecular flexibility index (Phi) is 8.16. The van der Waals surface area contributed by atoms with E-state index in [9.17, 15) is 9.50 Å². The molecule has 2 rings (SSSR count). The molecule has 0 aliphatic heterocycles. The van der Waals surface area contributed by atoms with Crippen LogP contribution in [0, 0.1) is 5.82 Å². The number of guanidine groups is 1. The van der Waals surface area contributed by atoms with Crippen LogP contribution in [-0.2, 0) is 6.54 Å². The number of hydrogen-bond donors (Lipinski definition) is 3. The van der Waals surface area contributed by atoms with Crippen LogP contribution >= 0.6 is 0 Å². The van der Waals surface area contributed by atoms with Gasteiger partial charge in [0.05, 0.1) is 18.3 Å². The number of aliphatic hydroxyl groups is 1. The summed E-state index contributed by atoms with van der Waals surface area (Å²) in [5.74, 6) is 0.558. The summed E-state index contributed by atoms with van der Waals surface area (Å²) >= 11 is 0. The summed E-state index contributed by atoms with van der Waals surface area (Å²) in [5, 5.41) is 16.3. The van der Waals surface area contributed by atoms with E-state index in [0.29, 0.717) is 18.3 Å². The first-order valence-corrected chi connectivity index (χ1v) is 9.83. The predicted octanol–water partition coefficient (Wildman–Crippen LogP) is 3.03. The maximum atomic E-state index is 14.4. The average molecular weight is 365 g/mol. The molecule has 0 bridgehead atoms. The maximum absolute atomic E-state index is 14.4. The molecule has 0 spiro atoms. The highest BCUT2D eigenvalue weighted by Gasteiger charge is 2.20. The Labute approximate surface area is 156 Å². The fourth-order valence-corrected chi connectivity index (χ4v) is 3.37. The SMILES string of the molecule is CCNC(=NCc1ccc(N(CC)CC)c(F)c1)NC1CCC(O)CC1. The molecule has 6 heteroatoms. The van der Waals surface area contributed by atoms with Crippen LogP contribution in [0.15, 0.2) is 23.2 Å². The van der Waals surface area contributed by atoms with Crippen LogP contribution in [-0.4, -0.2) is 42.8 Å². The van der Waals surface area contributed by atoms with Crippen molar-refractivity contribution < 1.29 is 9.50 Å². The molecule has 0 radical (unpaired) electrons. The molecule has 1 aliphatic rings. The predicted molar refractivity (Wildman–Crippen MR) is 106 cm³/mol. The highest BCUT2D eigenvalue weighted by Crippen LogP contribution is 2.21. The Hall–Kier alpha value is -1.82. The summed E-state index contributed by atoms with van der Waals surface area (Å²) in [6.45, 7) is 8.86. The molecular weight excluding hydrogens is 331 g/mol. The summed E-state index contributed by atoms with van der Waals surface area (Å²) in [6, 6.07) is 5.70. The second-order valence-corrected chi connectivity index (χ2v) is 6.80. The third-order valence-corrected chi connectivity index (χ3v) is 4.92. The van der Waals surface area contributed by atoms with Crippen LogP contribution in [0.1, 0.15) is 52.0 Å². The van der Waals surface area contributed by atoms with E-state index in [1.165, 1.54) is 0 Å². The third-order valence-electron chi connectivity index (χ3n) is 4.92. The summed E-state index contributed by atoms with van der Waals surface area (Å²) in [5.41, 5.74) is 1.50. The molecule has 0 amide bonds. The largest absolute Gasteiger partial charge is 0.393 e. The smallest absolute Gasteiger partial charge is 0.191 e. The fraction of sp³-hybridized carbons (Fsp3) is 0.650. The second-order valence-electron chi connectivity index (χ2n) is 6.80. The van der Waals surface area contributed by atoms with Crippen molar-refractivity contribution >= 4 is 11.6 Å². The Balaban J connectivity index is 2.01. The van der Waals surface area contributed by atoms with Gasteiger partial charge in [-0.1, -0.05) is 6.07 Å². The van der Waals surface area contributed by atoms with Gasteiger partial charge >= 0.3 is 0 Å². The maximum Gasteiger partial charge on any atom is 0.191 e. The van der Waals surface area contributed by atoms with Gasteiger partial charge in [0, 0.05) is 25.7 Å². The molecule has 0 heterocycles. The van der Waals surface area contributed by atoms with E-state index >= 15 is 0 Å². The van der Waals surface area contributed by atoms with Gasteiger partial charge in [0.25, 0.3) is 0 Å². The first kappa shape index (κ1) is 20.5. The van der Waals surface area contributed by atoms with Crippen molar-refractivity contribution in [2.24, 2.45) is 4.99 Å². The Bertz CT molecular complexity index is 581. The first-order chi connectivity index (χ1) is 12.6. The van der Waals surface area contributed by atoms with Crippen molar-refractivity contribution in [3.8, 4) is 0 Å². The Morgan fingerprint density at radius 2 is 1.88 bits per heavy atom. The summed E-state index contributed by atoms with van der Waals surface area (Å²) < 4.78 is 14.4. The normalized spacial score (nSPS) is 20.7. The van der Waals surface area contributed by atoms with Crippen molar-refractivity contribution in [1.29, 1.82) is 0 Å². The summed E-state index contributed by atoms with van der Waals surface area (Å²) in [4.78, 5) is 6.61. The molecule has 0 unspecified atom stereocenters. The van der Waals surface area contributed by atoms with Crippen molar-refractivity contribution in [2.75, 3.05) is 24.5 Å². The van der Waals surface area contributed by atoms with Gasteiger partial charge in [-0.05, 0) is 64.2 Å². The summed E-state index contributed by atoms with van der Waals surface area (Å²) in [6.07, 6.45) is 3.38. The highest BCUT2D eigenvalue weighted by atomic mass is 19.1. The number of aliphatic imine (C=N–C) groups is 1. The van der Waals surface area contributed by atoms with Gasteiger partial charge < -0.3 is 20.6 Å². The first-order valence-electron chi connectivity index (χ1n) is 9.83. The number of benzene rings is 1. The van der Waals surface area contributed by atoms with E-state index in [4.69, 9.17) is 0 Å². The number of anilines is 1. The minimum Gasteiger partial charge on any atom is -0.393 e. The fourth-order valence-electron chi connectivity index (χ4n) is 3.37. The lowest BCUT2D eigenvalue weighted by Gasteiger charge is -2.27. The van der Waals surface area contributed by atoms with Gasteiger partial charge in [-0.2, -0.15) is 0 Å². The van der Waals surface area contributed by atoms with E-state index in [-0.39, 0.29) is 11.9 Å². The van der Waals surface area contributed by atoms with E-state index in [2.05, 4.69) is 15.6 Å². The van der Waals surface area contributed by atoms with Crippen LogP contribution in [0.25, 0.3) is 0 Å². The van der Waals surface area contributed by atoms with Gasteiger partial charge in [0.15, 0.2) is 5.96 Å². The van der Waals surface area contributed by atoms with Crippen molar-refractivity contribution in [2.45, 2.75) is 65.1 Å². The molecule has 1 aromatic rings. The van der Waals surface area contributed by atoms with Crippen molar-refractivity contribution in [3.63, 3.8) is 0 Å². The number of halogens is 1. The Morgan fingerprint density at radius 3 is 2.46 bits per heavy atom. The van der Waals surface area contributed by atoms with Crippen LogP contribution in [0.3, 0.4) is 0 Å². The van der Waals surface area contributed by atoms with E-state index < -0.39 is 0 Å². The standard InChI is InChI=1S/C20H33FN4O/c1-4-22-20(24-16-8-10-17(26)11-9-16)23-14-15-7-12-19(18(21)13-15)25(5-2)6-3/h7,12-13,16-17,26H,4-6,8-11,14H2,1-3H3,(H2,22,23,24). The zero-order valence-corrected chi connectivity index (χ0v) is 16.3. The molecule has 0 aromatic heterocycles. The zero-order chi connectivity index (χ0) is 18.9. The molecule has 1 fully saturated rings. The number of rotatable bonds is 7.